The lowest BCUT2D eigenvalue weighted by Crippen LogP contribution is -2.42. The molecule has 7 N–H and O–H groups in total. The van der Waals surface area contributed by atoms with Crippen LogP contribution in [0.5, 0.6) is 11.5 Å². The number of nitrogens with zero attached hydrogens (tertiary/aromatic N) is 2. The van der Waals surface area contributed by atoms with Gasteiger partial charge in [0.1, 0.15) is 10.0 Å². The molecule has 6 aromatic rings. The van der Waals surface area contributed by atoms with Gasteiger partial charge in [-0.2, -0.15) is 0 Å². The summed E-state index contributed by atoms with van der Waals surface area (Å²) >= 11 is 26.1. The van der Waals surface area contributed by atoms with Crippen molar-refractivity contribution in [3.8, 4) is 32.6 Å². The number of halogens is 2. The Morgan fingerprint density at radius 3 is 1.55 bits per heavy atom. The van der Waals surface area contributed by atoms with E-state index in [-0.39, 0.29) is 50.9 Å². The fraction of sp³-hybridized carbons (Fsp3) is 0.341. The normalized spacial score (nSPS) is 11.9. The van der Waals surface area contributed by atoms with E-state index in [0.717, 1.165) is 48.0 Å². The van der Waals surface area contributed by atoms with Gasteiger partial charge in [-0.3, -0.25) is 4.79 Å². The SMILES string of the molecule is CC(C)(C)NC(=S)Nc1cc(-c2nc3ccccc3s2)cc(Cl)c1O.CC(C)NC(=S)Nc1cc(-c2nc3ccccc3s2)cc(Cl)c1O.CC(CC(=O)O)CC(C)(C)C. The van der Waals surface area contributed by atoms with Gasteiger partial charge in [-0.15, -0.1) is 22.7 Å². The highest BCUT2D eigenvalue weighted by molar-refractivity contribution is 7.80. The van der Waals surface area contributed by atoms with E-state index in [1.54, 1.807) is 46.9 Å². The zero-order valence-electron chi connectivity index (χ0n) is 35.0. The predicted octanol–water partition coefficient (Wildman–Crippen LogP) is 13.0. The Morgan fingerprint density at radius 1 is 0.733 bits per heavy atom. The second-order valence-corrected chi connectivity index (χ2v) is 20.4. The number of rotatable bonds is 8. The number of hydrogen-bond donors (Lipinski definition) is 7. The molecule has 16 heteroatoms. The summed E-state index contributed by atoms with van der Waals surface area (Å²) in [6.07, 6.45) is 1.26. The number of aliphatic carboxylic acids is 1. The number of para-hydroxylation sites is 2. The highest BCUT2D eigenvalue weighted by atomic mass is 35.5. The lowest BCUT2D eigenvalue weighted by Gasteiger charge is -2.23. The average Bonchev–Trinajstić information content (AvgIpc) is 3.75. The van der Waals surface area contributed by atoms with Crippen molar-refractivity contribution in [1.82, 2.24) is 20.6 Å². The van der Waals surface area contributed by atoms with Gasteiger partial charge in [-0.25, -0.2) is 9.97 Å². The van der Waals surface area contributed by atoms with Gasteiger partial charge >= 0.3 is 5.97 Å². The molecule has 1 atom stereocenters. The molecule has 0 saturated heterocycles. The zero-order chi connectivity index (χ0) is 44.5. The molecule has 0 radical (unpaired) electrons. The van der Waals surface area contributed by atoms with Gasteiger partial charge < -0.3 is 36.6 Å². The van der Waals surface area contributed by atoms with Crippen LogP contribution >= 0.6 is 70.3 Å². The van der Waals surface area contributed by atoms with Crippen molar-refractivity contribution in [3.63, 3.8) is 0 Å². The first-order valence-electron chi connectivity index (χ1n) is 19.1. The third-order valence-electron chi connectivity index (χ3n) is 8.10. The van der Waals surface area contributed by atoms with Gasteiger partial charge in [0, 0.05) is 29.1 Å². The lowest BCUT2D eigenvalue weighted by molar-refractivity contribution is -0.138. The second kappa shape index (κ2) is 21.0. The van der Waals surface area contributed by atoms with E-state index in [0.29, 0.717) is 21.6 Å². The molecule has 4 aromatic carbocycles. The molecule has 1 unspecified atom stereocenters. The summed E-state index contributed by atoms with van der Waals surface area (Å²) in [6, 6.07) is 23.1. The van der Waals surface area contributed by atoms with E-state index in [1.807, 2.05) is 90.1 Å². The third-order valence-corrected chi connectivity index (χ3v) is 11.3. The Labute approximate surface area is 380 Å². The third kappa shape index (κ3) is 15.0. The van der Waals surface area contributed by atoms with Crippen molar-refractivity contribution in [1.29, 1.82) is 0 Å². The maximum atomic E-state index is 10.3. The number of nitrogens with one attached hydrogen (secondary N) is 4. The van der Waals surface area contributed by atoms with Gasteiger partial charge in [0.05, 0.1) is 41.9 Å². The van der Waals surface area contributed by atoms with E-state index >= 15 is 0 Å². The Hall–Kier alpha value is -4.31. The van der Waals surface area contributed by atoms with Crippen LogP contribution in [0.4, 0.5) is 11.4 Å². The Kier molecular flexibility index (Phi) is 16.9. The van der Waals surface area contributed by atoms with E-state index in [1.165, 1.54) is 0 Å². The maximum absolute atomic E-state index is 10.3. The summed E-state index contributed by atoms with van der Waals surface area (Å²) in [6.45, 7) is 18.4. The molecule has 0 aliphatic heterocycles. The van der Waals surface area contributed by atoms with Gasteiger partial charge in [0.25, 0.3) is 0 Å². The standard InChI is InChI=1S/C18H18ClN3OS2.C17H16ClN3OS2.C9H18O2/c1-18(2,3)22-17(24)21-13-9-10(8-11(19)15(13)23)16-20-12-6-4-5-7-14(12)25-16;1-9(2)19-17(23)21-13-8-10(7-11(18)15(13)22)16-20-12-5-3-4-6-14(12)24-16;1-7(5-8(10)11)6-9(2,3)4/h4-9,23H,1-3H3,(H2,21,22,24);3-9,22H,1-2H3,(H2,19,21,23);7H,5-6H2,1-4H3,(H,10,11). The molecule has 60 heavy (non-hydrogen) atoms. The van der Waals surface area contributed by atoms with Crippen LogP contribution in [-0.2, 0) is 4.79 Å². The number of aromatic hydroxyl groups is 2. The molecule has 0 spiro atoms. The van der Waals surface area contributed by atoms with Crippen LogP contribution in [0.1, 0.15) is 75.2 Å². The van der Waals surface area contributed by atoms with Gasteiger partial charge in [-0.05, 0) is 125 Å². The van der Waals surface area contributed by atoms with Crippen molar-refractivity contribution in [2.45, 2.75) is 86.7 Å². The van der Waals surface area contributed by atoms with E-state index in [4.69, 9.17) is 52.7 Å². The number of carbonyl (C=O) groups is 1. The fourth-order valence-electron chi connectivity index (χ4n) is 5.96. The van der Waals surface area contributed by atoms with Crippen molar-refractivity contribution >= 4 is 118 Å². The molecule has 2 aromatic heterocycles. The minimum absolute atomic E-state index is 0.0329. The van der Waals surface area contributed by atoms with Crippen LogP contribution in [-0.4, -0.2) is 53.1 Å². The summed E-state index contributed by atoms with van der Waals surface area (Å²) in [7, 11) is 0. The molecule has 0 amide bonds. The largest absolute Gasteiger partial charge is 0.504 e. The number of aromatic nitrogens is 2. The number of anilines is 2. The van der Waals surface area contributed by atoms with E-state index in [9.17, 15) is 15.0 Å². The number of hydrogen-bond acceptors (Lipinski definition) is 9. The van der Waals surface area contributed by atoms with Gasteiger partial charge in [0.2, 0.25) is 0 Å². The second-order valence-electron chi connectivity index (χ2n) is 16.7. The average molecular weight is 928 g/mol. The summed E-state index contributed by atoms with van der Waals surface area (Å²) in [5.41, 5.74) is 4.49. The number of thiazole rings is 2. The van der Waals surface area contributed by atoms with Crippen molar-refractivity contribution in [3.05, 3.63) is 82.8 Å². The quantitative estimate of drug-likeness (QED) is 0.0575. The van der Waals surface area contributed by atoms with E-state index in [2.05, 4.69) is 52.0 Å². The molecule has 6 rings (SSSR count). The molecule has 0 aliphatic rings. The highest BCUT2D eigenvalue weighted by Crippen LogP contribution is 2.41. The Morgan fingerprint density at radius 2 is 1.17 bits per heavy atom. The van der Waals surface area contributed by atoms with Crippen LogP contribution in [0, 0.1) is 11.3 Å². The molecule has 0 aliphatic carbocycles. The van der Waals surface area contributed by atoms with Crippen LogP contribution in [0.2, 0.25) is 10.0 Å². The zero-order valence-corrected chi connectivity index (χ0v) is 39.8. The number of carboxylic acid groups (broad SMARTS) is 1. The lowest BCUT2D eigenvalue weighted by atomic mass is 9.84. The molecular weight excluding hydrogens is 876 g/mol. The summed E-state index contributed by atoms with van der Waals surface area (Å²) < 4.78 is 2.20. The van der Waals surface area contributed by atoms with Crippen LogP contribution in [0.15, 0.2) is 72.8 Å². The van der Waals surface area contributed by atoms with Crippen molar-refractivity contribution in [2.75, 3.05) is 10.6 Å². The first-order valence-corrected chi connectivity index (χ1v) is 22.3. The minimum Gasteiger partial charge on any atom is -0.504 e. The van der Waals surface area contributed by atoms with Gasteiger partial charge in [-0.1, -0.05) is 75.2 Å². The Balaban J connectivity index is 0.000000214. The van der Waals surface area contributed by atoms with Crippen molar-refractivity contribution in [2.24, 2.45) is 11.3 Å². The highest BCUT2D eigenvalue weighted by Gasteiger charge is 2.19. The summed E-state index contributed by atoms with van der Waals surface area (Å²) in [4.78, 5) is 19.6. The number of phenolic OH excluding ortho intramolecular Hbond substituents is 2. The number of benzene rings is 4. The molecule has 2 heterocycles. The monoisotopic (exact) mass is 926 g/mol. The fourth-order valence-corrected chi connectivity index (χ4v) is 9.06. The molecule has 320 valence electrons. The van der Waals surface area contributed by atoms with Crippen LogP contribution in [0.3, 0.4) is 0 Å². The van der Waals surface area contributed by atoms with E-state index < -0.39 is 5.97 Å². The van der Waals surface area contributed by atoms with Crippen LogP contribution < -0.4 is 21.3 Å². The topological polar surface area (TPSA) is 152 Å². The number of phenols is 2. The molecule has 0 bridgehead atoms. The minimum atomic E-state index is -0.693. The smallest absolute Gasteiger partial charge is 0.303 e. The van der Waals surface area contributed by atoms with Gasteiger partial charge in [0.15, 0.2) is 21.7 Å². The number of carboxylic acids is 1. The Bertz CT molecular complexity index is 2390. The first-order chi connectivity index (χ1) is 28.0. The summed E-state index contributed by atoms with van der Waals surface area (Å²) in [5.74, 6) is -0.478. The maximum Gasteiger partial charge on any atom is 0.303 e. The molecule has 0 fully saturated rings. The van der Waals surface area contributed by atoms with Crippen molar-refractivity contribution < 1.29 is 20.1 Å². The number of fused-ring (bicyclic) bond motifs is 2. The summed E-state index contributed by atoms with van der Waals surface area (Å²) in [5, 5.41) is 44.2. The first kappa shape index (κ1) is 48.4. The molecular formula is C44H52Cl2N6O4S4. The number of thiocarbonyl (C=S) groups is 2. The predicted molar refractivity (Wildman–Crippen MR) is 263 cm³/mol. The van der Waals surface area contributed by atoms with Crippen LogP contribution in [0.25, 0.3) is 41.6 Å². The molecule has 0 saturated carbocycles. The molecule has 10 nitrogen and oxygen atoms in total.